The second-order valence-electron chi connectivity index (χ2n) is 5.76. The van der Waals surface area contributed by atoms with Gasteiger partial charge in [-0.05, 0) is 34.4 Å². The Kier molecular flexibility index (Phi) is 4.31. The van der Waals surface area contributed by atoms with E-state index in [1.54, 1.807) is 11.3 Å². The zero-order valence-electron chi connectivity index (χ0n) is 13.6. The number of carbonyl (C=O) groups excluding carboxylic acids is 1. The molecule has 0 bridgehead atoms. The molecule has 0 radical (unpaired) electrons. The van der Waals surface area contributed by atoms with Gasteiger partial charge in [0.2, 0.25) is 0 Å². The Morgan fingerprint density at radius 1 is 1.08 bits per heavy atom. The average Bonchev–Trinajstić information content (AvgIpc) is 3.32. The first kappa shape index (κ1) is 15.6. The highest BCUT2D eigenvalue weighted by Gasteiger charge is 2.09. The minimum absolute atomic E-state index is 0.0537. The van der Waals surface area contributed by atoms with E-state index in [-0.39, 0.29) is 5.91 Å². The van der Waals surface area contributed by atoms with Gasteiger partial charge >= 0.3 is 0 Å². The molecule has 0 unspecified atom stereocenters. The van der Waals surface area contributed by atoms with Crippen molar-refractivity contribution in [2.45, 2.75) is 6.54 Å². The van der Waals surface area contributed by atoms with E-state index in [0.29, 0.717) is 18.7 Å². The minimum Gasteiger partial charge on any atom is -0.350 e. The topological polar surface area (TPSA) is 46.9 Å². The summed E-state index contributed by atoms with van der Waals surface area (Å²) in [5.41, 5.74) is 2.79. The van der Waals surface area contributed by atoms with E-state index in [0.717, 1.165) is 22.0 Å². The lowest BCUT2D eigenvalue weighted by molar-refractivity contribution is 0.0953. The van der Waals surface area contributed by atoms with Gasteiger partial charge in [-0.1, -0.05) is 36.4 Å². The number of benzene rings is 2. The predicted molar refractivity (Wildman–Crippen MR) is 102 cm³/mol. The van der Waals surface area contributed by atoms with Crippen LogP contribution in [0.5, 0.6) is 0 Å². The molecular weight excluding hydrogens is 330 g/mol. The first-order valence-corrected chi connectivity index (χ1v) is 9.07. The second kappa shape index (κ2) is 6.91. The number of rotatable bonds is 5. The maximum atomic E-state index is 12.5. The molecule has 2 heterocycles. The summed E-state index contributed by atoms with van der Waals surface area (Å²) in [5.74, 6) is -0.0537. The molecule has 2 aromatic heterocycles. The molecule has 4 nitrogen and oxygen atoms in total. The number of nitrogens with one attached hydrogen (secondary N) is 1. The van der Waals surface area contributed by atoms with Crippen molar-refractivity contribution in [3.8, 4) is 11.3 Å². The van der Waals surface area contributed by atoms with Crippen molar-refractivity contribution in [1.82, 2.24) is 15.1 Å². The van der Waals surface area contributed by atoms with Crippen molar-refractivity contribution in [2.75, 3.05) is 6.54 Å². The number of nitrogens with zero attached hydrogens (tertiary/aromatic N) is 2. The van der Waals surface area contributed by atoms with Crippen molar-refractivity contribution >= 4 is 28.0 Å². The van der Waals surface area contributed by atoms with Crippen LogP contribution in [0.4, 0.5) is 0 Å². The predicted octanol–water partition coefficient (Wildman–Crippen LogP) is 4.19. The third-order valence-electron chi connectivity index (χ3n) is 4.12. The lowest BCUT2D eigenvalue weighted by Crippen LogP contribution is -2.27. The largest absolute Gasteiger partial charge is 0.350 e. The number of thiophene rings is 1. The summed E-state index contributed by atoms with van der Waals surface area (Å²) in [5, 5.41) is 13.7. The molecule has 0 aliphatic rings. The smallest absolute Gasteiger partial charge is 0.251 e. The number of hydrogen-bond acceptors (Lipinski definition) is 3. The van der Waals surface area contributed by atoms with E-state index in [1.807, 2.05) is 64.8 Å². The van der Waals surface area contributed by atoms with E-state index in [2.05, 4.69) is 21.9 Å². The molecule has 0 atom stereocenters. The Bertz CT molecular complexity index is 999. The molecule has 0 spiro atoms. The first-order chi connectivity index (χ1) is 12.3. The molecule has 4 aromatic rings. The van der Waals surface area contributed by atoms with E-state index in [9.17, 15) is 4.79 Å². The van der Waals surface area contributed by atoms with E-state index in [4.69, 9.17) is 0 Å². The van der Waals surface area contributed by atoms with Crippen LogP contribution in [0.25, 0.3) is 22.0 Å². The highest BCUT2D eigenvalue weighted by molar-refractivity contribution is 7.08. The van der Waals surface area contributed by atoms with Crippen LogP contribution in [-0.2, 0) is 6.54 Å². The standard InChI is InChI=1S/C20H17N3OS/c24-20(18-7-3-5-15-4-1-2-6-17(15)18)21-10-12-23-11-8-19(22-23)16-9-13-25-14-16/h1-9,11,13-14H,10,12H2,(H,21,24). The normalized spacial score (nSPS) is 10.9. The maximum Gasteiger partial charge on any atom is 0.251 e. The lowest BCUT2D eigenvalue weighted by atomic mass is 10.0. The highest BCUT2D eigenvalue weighted by atomic mass is 32.1. The third-order valence-corrected chi connectivity index (χ3v) is 4.80. The fraction of sp³-hybridized carbons (Fsp3) is 0.100. The molecule has 0 fully saturated rings. The molecule has 0 saturated carbocycles. The van der Waals surface area contributed by atoms with Crippen LogP contribution in [0.15, 0.2) is 71.6 Å². The summed E-state index contributed by atoms with van der Waals surface area (Å²) in [6.07, 6.45) is 1.94. The summed E-state index contributed by atoms with van der Waals surface area (Å²) in [7, 11) is 0. The molecule has 0 aliphatic heterocycles. The summed E-state index contributed by atoms with van der Waals surface area (Å²) in [6, 6.07) is 17.8. The Morgan fingerprint density at radius 3 is 2.84 bits per heavy atom. The van der Waals surface area contributed by atoms with E-state index >= 15 is 0 Å². The SMILES string of the molecule is O=C(NCCn1ccc(-c2ccsc2)n1)c1cccc2ccccc12. The zero-order chi connectivity index (χ0) is 17.1. The molecule has 1 amide bonds. The molecule has 4 rings (SSSR count). The molecular formula is C20H17N3OS. The van der Waals surface area contributed by atoms with Crippen LogP contribution in [-0.4, -0.2) is 22.2 Å². The van der Waals surface area contributed by atoms with Gasteiger partial charge in [-0.2, -0.15) is 16.4 Å². The maximum absolute atomic E-state index is 12.5. The van der Waals surface area contributed by atoms with Crippen molar-refractivity contribution < 1.29 is 4.79 Å². The number of aromatic nitrogens is 2. The van der Waals surface area contributed by atoms with Crippen LogP contribution in [0.1, 0.15) is 10.4 Å². The quantitative estimate of drug-likeness (QED) is 0.588. The van der Waals surface area contributed by atoms with Crippen molar-refractivity contribution in [2.24, 2.45) is 0 Å². The van der Waals surface area contributed by atoms with Gasteiger partial charge in [0.1, 0.15) is 0 Å². The van der Waals surface area contributed by atoms with Crippen molar-refractivity contribution in [3.05, 3.63) is 77.1 Å². The van der Waals surface area contributed by atoms with Crippen molar-refractivity contribution in [1.29, 1.82) is 0 Å². The first-order valence-electron chi connectivity index (χ1n) is 8.13. The van der Waals surface area contributed by atoms with Gasteiger partial charge in [-0.25, -0.2) is 0 Å². The molecule has 1 N–H and O–H groups in total. The van der Waals surface area contributed by atoms with Gasteiger partial charge in [-0.15, -0.1) is 0 Å². The highest BCUT2D eigenvalue weighted by Crippen LogP contribution is 2.20. The van der Waals surface area contributed by atoms with Gasteiger partial charge in [0, 0.05) is 29.2 Å². The van der Waals surface area contributed by atoms with Crippen molar-refractivity contribution in [3.63, 3.8) is 0 Å². The monoisotopic (exact) mass is 347 g/mol. The second-order valence-corrected chi connectivity index (χ2v) is 6.54. The summed E-state index contributed by atoms with van der Waals surface area (Å²) < 4.78 is 1.86. The Morgan fingerprint density at radius 2 is 1.96 bits per heavy atom. The molecule has 25 heavy (non-hydrogen) atoms. The fourth-order valence-corrected chi connectivity index (χ4v) is 3.50. The molecule has 0 saturated heterocycles. The van der Waals surface area contributed by atoms with Crippen LogP contribution in [0, 0.1) is 0 Å². The average molecular weight is 347 g/mol. The van der Waals surface area contributed by atoms with E-state index in [1.165, 1.54) is 0 Å². The van der Waals surface area contributed by atoms with Gasteiger partial charge in [-0.3, -0.25) is 9.48 Å². The van der Waals surface area contributed by atoms with Gasteiger partial charge in [0.05, 0.1) is 12.2 Å². The van der Waals surface area contributed by atoms with Crippen LogP contribution < -0.4 is 5.32 Å². The number of fused-ring (bicyclic) bond motifs is 1. The summed E-state index contributed by atoms with van der Waals surface area (Å²) >= 11 is 1.66. The minimum atomic E-state index is -0.0537. The van der Waals surface area contributed by atoms with Crippen LogP contribution >= 0.6 is 11.3 Å². The van der Waals surface area contributed by atoms with Crippen LogP contribution in [0.2, 0.25) is 0 Å². The number of amides is 1. The fourth-order valence-electron chi connectivity index (χ4n) is 2.85. The van der Waals surface area contributed by atoms with Gasteiger partial charge in [0.15, 0.2) is 0 Å². The number of hydrogen-bond donors (Lipinski definition) is 1. The molecule has 2 aromatic carbocycles. The van der Waals surface area contributed by atoms with Gasteiger partial charge in [0.25, 0.3) is 5.91 Å². The third kappa shape index (κ3) is 3.32. The Labute approximate surface area is 149 Å². The molecule has 0 aliphatic carbocycles. The summed E-state index contributed by atoms with van der Waals surface area (Å²) in [6.45, 7) is 1.17. The summed E-state index contributed by atoms with van der Waals surface area (Å²) in [4.78, 5) is 12.5. The Hall–Kier alpha value is -2.92. The lowest BCUT2D eigenvalue weighted by Gasteiger charge is -2.08. The molecule has 124 valence electrons. The molecule has 5 heteroatoms. The van der Waals surface area contributed by atoms with Gasteiger partial charge < -0.3 is 5.32 Å². The van der Waals surface area contributed by atoms with Crippen LogP contribution in [0.3, 0.4) is 0 Å². The number of carbonyl (C=O) groups is 1. The zero-order valence-corrected chi connectivity index (χ0v) is 14.4. The Balaban J connectivity index is 1.41. The van der Waals surface area contributed by atoms with E-state index < -0.39 is 0 Å².